The van der Waals surface area contributed by atoms with Gasteiger partial charge in [0.25, 0.3) is 5.91 Å². The number of halogens is 1. The molecule has 1 amide bonds. The lowest BCUT2D eigenvalue weighted by Gasteiger charge is -2.22. The van der Waals surface area contributed by atoms with E-state index >= 15 is 0 Å². The first-order chi connectivity index (χ1) is 11.0. The van der Waals surface area contributed by atoms with Gasteiger partial charge in [0.2, 0.25) is 0 Å². The monoisotopic (exact) mass is 421 g/mol. The molecule has 2 aromatic rings. The van der Waals surface area contributed by atoms with Crippen molar-refractivity contribution < 1.29 is 14.7 Å². The molecule has 0 spiro atoms. The minimum absolute atomic E-state index is 0.245. The maximum atomic E-state index is 12.7. The summed E-state index contributed by atoms with van der Waals surface area (Å²) in [7, 11) is 0. The summed E-state index contributed by atoms with van der Waals surface area (Å²) >= 11 is 2.16. The highest BCUT2D eigenvalue weighted by atomic mass is 127. The topological polar surface area (TPSA) is 57.6 Å². The van der Waals surface area contributed by atoms with Crippen LogP contribution in [0.4, 0.5) is 5.69 Å². The van der Waals surface area contributed by atoms with Gasteiger partial charge < -0.3 is 10.0 Å². The number of fused-ring (bicyclic) bond motifs is 1. The van der Waals surface area contributed by atoms with Gasteiger partial charge in [-0.15, -0.1) is 0 Å². The second-order valence-corrected chi connectivity index (χ2v) is 6.78. The molecule has 5 heteroatoms. The molecule has 3 rings (SSSR count). The SMILES string of the molecule is CCN1C(=O)[C@@](O)(CC(=O)c2ccc(I)cc2)c2ccccc21. The zero-order valence-corrected chi connectivity index (χ0v) is 14.8. The molecule has 1 N–H and O–H groups in total. The lowest BCUT2D eigenvalue weighted by Crippen LogP contribution is -2.41. The van der Waals surface area contributed by atoms with Gasteiger partial charge in [-0.2, -0.15) is 0 Å². The van der Waals surface area contributed by atoms with Crippen LogP contribution < -0.4 is 4.90 Å². The van der Waals surface area contributed by atoms with Crippen molar-refractivity contribution in [1.29, 1.82) is 0 Å². The Bertz CT molecular complexity index is 772. The Morgan fingerprint density at radius 2 is 1.83 bits per heavy atom. The quantitative estimate of drug-likeness (QED) is 0.610. The molecule has 0 saturated heterocycles. The predicted octanol–water partition coefficient (Wildman–Crippen LogP) is 3.12. The van der Waals surface area contributed by atoms with Gasteiger partial charge in [0.15, 0.2) is 11.4 Å². The van der Waals surface area contributed by atoms with Gasteiger partial charge in [-0.3, -0.25) is 9.59 Å². The van der Waals surface area contributed by atoms with Crippen molar-refractivity contribution in [2.75, 3.05) is 11.4 Å². The fourth-order valence-corrected chi connectivity index (χ4v) is 3.32. The number of aliphatic hydroxyl groups is 1. The van der Waals surface area contributed by atoms with Gasteiger partial charge in [-0.05, 0) is 47.7 Å². The van der Waals surface area contributed by atoms with Crippen molar-refractivity contribution in [1.82, 2.24) is 0 Å². The number of amides is 1. The first-order valence-corrected chi connectivity index (χ1v) is 8.48. The molecule has 0 saturated carbocycles. The average molecular weight is 421 g/mol. The Kier molecular flexibility index (Phi) is 4.25. The summed E-state index contributed by atoms with van der Waals surface area (Å²) in [4.78, 5) is 26.7. The fourth-order valence-electron chi connectivity index (χ4n) is 2.96. The highest BCUT2D eigenvalue weighted by Gasteiger charge is 2.50. The van der Waals surface area contributed by atoms with Crippen LogP contribution in [0.15, 0.2) is 48.5 Å². The van der Waals surface area contributed by atoms with E-state index in [4.69, 9.17) is 0 Å². The van der Waals surface area contributed by atoms with Crippen molar-refractivity contribution >= 4 is 40.0 Å². The standard InChI is InChI=1S/C18H16INO3/c1-2-20-15-6-4-3-5-14(15)18(23,17(20)22)11-16(21)12-7-9-13(19)10-8-12/h3-10,23H,2,11H2,1H3/t18-/m1/s1. The third kappa shape index (κ3) is 2.68. The van der Waals surface area contributed by atoms with Gasteiger partial charge in [0.1, 0.15) is 0 Å². The lowest BCUT2D eigenvalue weighted by molar-refractivity contribution is -0.135. The number of carbonyl (C=O) groups is 2. The molecule has 0 aliphatic carbocycles. The second kappa shape index (κ2) is 6.05. The van der Waals surface area contributed by atoms with Crippen LogP contribution in [0.5, 0.6) is 0 Å². The summed E-state index contributed by atoms with van der Waals surface area (Å²) < 4.78 is 1.03. The smallest absolute Gasteiger partial charge is 0.264 e. The summed E-state index contributed by atoms with van der Waals surface area (Å²) in [5, 5.41) is 11.0. The van der Waals surface area contributed by atoms with E-state index in [-0.39, 0.29) is 12.2 Å². The summed E-state index contributed by atoms with van der Waals surface area (Å²) in [6.07, 6.45) is -0.250. The number of anilines is 1. The Labute approximate surface area is 148 Å². The molecule has 0 bridgehead atoms. The van der Waals surface area contributed by atoms with Crippen LogP contribution in [0.25, 0.3) is 0 Å². The van der Waals surface area contributed by atoms with Crippen molar-refractivity contribution in [3.05, 3.63) is 63.2 Å². The van der Waals surface area contributed by atoms with Crippen molar-refractivity contribution in [3.63, 3.8) is 0 Å². The number of para-hydroxylation sites is 1. The van der Waals surface area contributed by atoms with Gasteiger partial charge in [0, 0.05) is 21.2 Å². The summed E-state index contributed by atoms with van der Waals surface area (Å²) in [6.45, 7) is 2.30. The number of benzene rings is 2. The van der Waals surface area contributed by atoms with Crippen LogP contribution in [-0.2, 0) is 10.4 Å². The number of Topliss-reactive ketones (excluding diaryl/α,β-unsaturated/α-hetero) is 1. The van der Waals surface area contributed by atoms with Gasteiger partial charge in [0.05, 0.1) is 12.1 Å². The first kappa shape index (κ1) is 16.1. The van der Waals surface area contributed by atoms with Crippen molar-refractivity contribution in [2.45, 2.75) is 18.9 Å². The van der Waals surface area contributed by atoms with Crippen LogP contribution in [0.1, 0.15) is 29.3 Å². The number of hydrogen-bond donors (Lipinski definition) is 1. The van der Waals surface area contributed by atoms with E-state index in [1.54, 1.807) is 30.3 Å². The average Bonchev–Trinajstić information content (AvgIpc) is 2.76. The number of likely N-dealkylation sites (N-methyl/N-ethyl adjacent to an activating group) is 1. The second-order valence-electron chi connectivity index (χ2n) is 5.53. The van der Waals surface area contributed by atoms with E-state index in [0.717, 1.165) is 3.57 Å². The molecule has 0 fully saturated rings. The van der Waals surface area contributed by atoms with Crippen LogP contribution >= 0.6 is 22.6 Å². The summed E-state index contributed by atoms with van der Waals surface area (Å²) in [5.74, 6) is -0.676. The largest absolute Gasteiger partial charge is 0.375 e. The highest BCUT2D eigenvalue weighted by molar-refractivity contribution is 14.1. The molecule has 0 unspecified atom stereocenters. The first-order valence-electron chi connectivity index (χ1n) is 7.40. The Balaban J connectivity index is 1.96. The van der Waals surface area contributed by atoms with Gasteiger partial charge in [-0.25, -0.2) is 0 Å². The Hall–Kier alpha value is -1.73. The predicted molar refractivity (Wildman–Crippen MR) is 96.5 cm³/mol. The van der Waals surface area contributed by atoms with E-state index in [1.807, 2.05) is 25.1 Å². The highest BCUT2D eigenvalue weighted by Crippen LogP contribution is 2.42. The molecule has 118 valence electrons. The minimum Gasteiger partial charge on any atom is -0.375 e. The van der Waals surface area contributed by atoms with E-state index in [0.29, 0.717) is 23.4 Å². The van der Waals surface area contributed by atoms with Crippen molar-refractivity contribution in [2.24, 2.45) is 0 Å². The maximum Gasteiger partial charge on any atom is 0.264 e. The zero-order valence-electron chi connectivity index (χ0n) is 12.6. The summed E-state index contributed by atoms with van der Waals surface area (Å²) in [6, 6.07) is 14.2. The minimum atomic E-state index is -1.79. The van der Waals surface area contributed by atoms with Gasteiger partial charge in [-0.1, -0.05) is 30.3 Å². The number of hydrogen-bond acceptors (Lipinski definition) is 3. The molecular weight excluding hydrogens is 405 g/mol. The molecule has 4 nitrogen and oxygen atoms in total. The molecule has 0 radical (unpaired) electrons. The van der Waals surface area contributed by atoms with Crippen molar-refractivity contribution in [3.8, 4) is 0 Å². The number of ketones is 1. The van der Waals surface area contributed by atoms with E-state index < -0.39 is 11.5 Å². The number of nitrogens with zero attached hydrogens (tertiary/aromatic N) is 1. The zero-order chi connectivity index (χ0) is 16.6. The molecule has 1 aliphatic rings. The third-order valence-corrected chi connectivity index (χ3v) is 4.86. The molecule has 0 aromatic heterocycles. The Morgan fingerprint density at radius 1 is 1.17 bits per heavy atom. The van der Waals surface area contributed by atoms with Crippen LogP contribution in [-0.4, -0.2) is 23.3 Å². The Morgan fingerprint density at radius 3 is 2.48 bits per heavy atom. The normalized spacial score (nSPS) is 19.8. The molecule has 1 heterocycles. The van der Waals surface area contributed by atoms with E-state index in [1.165, 1.54) is 4.90 Å². The van der Waals surface area contributed by atoms with E-state index in [9.17, 15) is 14.7 Å². The van der Waals surface area contributed by atoms with Crippen LogP contribution in [0, 0.1) is 3.57 Å². The van der Waals surface area contributed by atoms with E-state index in [2.05, 4.69) is 22.6 Å². The molecule has 1 atom stereocenters. The molecule has 1 aliphatic heterocycles. The molecular formula is C18H16INO3. The number of carbonyl (C=O) groups excluding carboxylic acids is 2. The van der Waals surface area contributed by atoms with Gasteiger partial charge >= 0.3 is 0 Å². The fraction of sp³-hybridized carbons (Fsp3) is 0.222. The summed E-state index contributed by atoms with van der Waals surface area (Å²) in [5.41, 5.74) is -0.102. The van der Waals surface area contributed by atoms with Crippen LogP contribution in [0.3, 0.4) is 0 Å². The molecule has 23 heavy (non-hydrogen) atoms. The van der Waals surface area contributed by atoms with Crippen LogP contribution in [0.2, 0.25) is 0 Å². The third-order valence-electron chi connectivity index (χ3n) is 4.14. The number of rotatable bonds is 4. The lowest BCUT2D eigenvalue weighted by atomic mass is 9.88. The maximum absolute atomic E-state index is 12.7. The molecule has 2 aromatic carbocycles.